The van der Waals surface area contributed by atoms with Gasteiger partial charge in [0.15, 0.2) is 0 Å². The first-order valence-corrected chi connectivity index (χ1v) is 3.02. The van der Waals surface area contributed by atoms with E-state index in [2.05, 4.69) is 4.98 Å². The Bertz CT molecular complexity index is 257. The van der Waals surface area contributed by atoms with E-state index in [1.165, 1.54) is 17.0 Å². The van der Waals surface area contributed by atoms with E-state index in [4.69, 9.17) is 5.11 Å². The molecule has 0 bridgehead atoms. The zero-order chi connectivity index (χ0) is 8.27. The molecule has 6 heteroatoms. The number of imidazole rings is 1. The topological polar surface area (TPSA) is 81.2 Å². The quantitative estimate of drug-likeness (QED) is 0.486. The van der Waals surface area contributed by atoms with Crippen molar-refractivity contribution in [3.05, 3.63) is 22.5 Å². The Morgan fingerprint density at radius 1 is 1.82 bits per heavy atom. The van der Waals surface area contributed by atoms with Crippen LogP contribution in [-0.4, -0.2) is 26.2 Å². The van der Waals surface area contributed by atoms with Crippen molar-refractivity contribution in [2.24, 2.45) is 0 Å². The highest BCUT2D eigenvalue weighted by atomic mass is 16.6. The molecule has 0 spiro atoms. The van der Waals surface area contributed by atoms with Crippen LogP contribution in [0.4, 0.5) is 5.95 Å². The number of hydrogen-bond donors (Lipinski definition) is 1. The van der Waals surface area contributed by atoms with E-state index in [0.29, 0.717) is 0 Å². The van der Waals surface area contributed by atoms with E-state index in [9.17, 15) is 10.1 Å². The summed E-state index contributed by atoms with van der Waals surface area (Å²) < 4.78 is 1.28. The van der Waals surface area contributed by atoms with Crippen molar-refractivity contribution >= 4 is 5.95 Å². The minimum absolute atomic E-state index is 0.128. The van der Waals surface area contributed by atoms with E-state index in [1.807, 2.05) is 0 Å². The highest BCUT2D eigenvalue weighted by Crippen LogP contribution is 2.05. The first-order chi connectivity index (χ1) is 5.25. The zero-order valence-electron chi connectivity index (χ0n) is 5.67. The van der Waals surface area contributed by atoms with Crippen molar-refractivity contribution < 1.29 is 10.0 Å². The Hall–Kier alpha value is -1.43. The summed E-state index contributed by atoms with van der Waals surface area (Å²) in [4.78, 5) is 13.1. The van der Waals surface area contributed by atoms with Crippen molar-refractivity contribution in [1.82, 2.24) is 9.55 Å². The largest absolute Gasteiger partial charge is 0.434 e. The van der Waals surface area contributed by atoms with Gasteiger partial charge in [0, 0.05) is 0 Å². The SMILES string of the molecule is O=[N+]([O-])c1nccn1CCO. The normalized spacial score (nSPS) is 9.91. The van der Waals surface area contributed by atoms with Crippen LogP contribution in [0.15, 0.2) is 12.4 Å². The van der Waals surface area contributed by atoms with Gasteiger partial charge in [0.1, 0.15) is 12.4 Å². The monoisotopic (exact) mass is 157 g/mol. The molecule has 0 unspecified atom stereocenters. The molecule has 0 amide bonds. The first-order valence-electron chi connectivity index (χ1n) is 3.02. The third-order valence-corrected chi connectivity index (χ3v) is 1.20. The van der Waals surface area contributed by atoms with Crippen LogP contribution in [0.25, 0.3) is 0 Å². The lowest BCUT2D eigenvalue weighted by molar-refractivity contribution is -0.396. The van der Waals surface area contributed by atoms with Crippen LogP contribution >= 0.6 is 0 Å². The molecule has 0 aliphatic carbocycles. The Labute approximate surface area is 62.2 Å². The van der Waals surface area contributed by atoms with Crippen LogP contribution < -0.4 is 0 Å². The third kappa shape index (κ3) is 1.53. The van der Waals surface area contributed by atoms with Crippen LogP contribution in [-0.2, 0) is 6.54 Å². The van der Waals surface area contributed by atoms with Gasteiger partial charge in [-0.05, 0) is 4.92 Å². The van der Waals surface area contributed by atoms with Crippen LogP contribution in [0.3, 0.4) is 0 Å². The van der Waals surface area contributed by atoms with Crippen LogP contribution in [0.1, 0.15) is 0 Å². The summed E-state index contributed by atoms with van der Waals surface area (Å²) in [5.74, 6) is -0.237. The van der Waals surface area contributed by atoms with Gasteiger partial charge >= 0.3 is 5.95 Å². The summed E-state index contributed by atoms with van der Waals surface area (Å²) >= 11 is 0. The standard InChI is InChI=1S/C5H7N3O3/c9-4-3-7-2-1-6-5(7)8(10)11/h1-2,9H,3-4H2. The fourth-order valence-corrected chi connectivity index (χ4v) is 0.756. The van der Waals surface area contributed by atoms with Gasteiger partial charge in [-0.1, -0.05) is 4.98 Å². The van der Waals surface area contributed by atoms with Crippen LogP contribution in [0, 0.1) is 10.1 Å². The molecule has 0 radical (unpaired) electrons. The Kier molecular flexibility index (Phi) is 2.17. The van der Waals surface area contributed by atoms with Gasteiger partial charge in [-0.2, -0.15) is 0 Å². The van der Waals surface area contributed by atoms with Crippen molar-refractivity contribution in [1.29, 1.82) is 0 Å². The Balaban J connectivity index is 2.87. The number of rotatable bonds is 3. The predicted octanol–water partition coefficient (Wildman–Crippen LogP) is -0.216. The summed E-state index contributed by atoms with van der Waals surface area (Å²) in [6.07, 6.45) is 2.78. The molecule has 0 fully saturated rings. The van der Waals surface area contributed by atoms with Gasteiger partial charge in [0.2, 0.25) is 0 Å². The van der Waals surface area contributed by atoms with Gasteiger partial charge in [-0.3, -0.25) is 0 Å². The fourth-order valence-electron chi connectivity index (χ4n) is 0.756. The molecule has 60 valence electrons. The van der Waals surface area contributed by atoms with Crippen molar-refractivity contribution in [3.8, 4) is 0 Å². The molecular formula is C5H7N3O3. The molecule has 0 aliphatic heterocycles. The van der Waals surface area contributed by atoms with E-state index in [0.717, 1.165) is 0 Å². The average Bonchev–Trinajstić information content (AvgIpc) is 2.36. The zero-order valence-corrected chi connectivity index (χ0v) is 5.67. The van der Waals surface area contributed by atoms with E-state index < -0.39 is 4.92 Å². The maximum atomic E-state index is 10.2. The van der Waals surface area contributed by atoms with E-state index >= 15 is 0 Å². The predicted molar refractivity (Wildman–Crippen MR) is 36.0 cm³/mol. The minimum Gasteiger partial charge on any atom is -0.393 e. The second kappa shape index (κ2) is 3.11. The highest BCUT2D eigenvalue weighted by molar-refractivity contribution is 5.06. The Morgan fingerprint density at radius 2 is 2.55 bits per heavy atom. The van der Waals surface area contributed by atoms with Gasteiger partial charge in [-0.15, -0.1) is 0 Å². The molecule has 0 saturated carbocycles. The molecule has 1 aromatic heterocycles. The van der Waals surface area contributed by atoms with Crippen molar-refractivity contribution in [2.75, 3.05) is 6.61 Å². The molecule has 11 heavy (non-hydrogen) atoms. The van der Waals surface area contributed by atoms with E-state index in [1.54, 1.807) is 0 Å². The smallest absolute Gasteiger partial charge is 0.393 e. The lowest BCUT2D eigenvalue weighted by Gasteiger charge is -1.96. The number of nitrogens with zero attached hydrogens (tertiary/aromatic N) is 3. The van der Waals surface area contributed by atoms with Gasteiger partial charge in [0.05, 0.1) is 13.2 Å². The molecule has 1 heterocycles. The average molecular weight is 157 g/mol. The number of nitro groups is 1. The minimum atomic E-state index is -0.588. The second-order valence-electron chi connectivity index (χ2n) is 1.90. The second-order valence-corrected chi connectivity index (χ2v) is 1.90. The summed E-state index contributed by atoms with van der Waals surface area (Å²) in [5, 5.41) is 18.7. The number of aromatic nitrogens is 2. The third-order valence-electron chi connectivity index (χ3n) is 1.20. The van der Waals surface area contributed by atoms with Gasteiger partial charge in [0.25, 0.3) is 0 Å². The van der Waals surface area contributed by atoms with E-state index in [-0.39, 0.29) is 19.1 Å². The highest BCUT2D eigenvalue weighted by Gasteiger charge is 2.12. The summed E-state index contributed by atoms with van der Waals surface area (Å²) in [6.45, 7) is 0.0769. The molecule has 0 aromatic carbocycles. The number of aliphatic hydroxyl groups excluding tert-OH is 1. The van der Waals surface area contributed by atoms with Gasteiger partial charge < -0.3 is 15.2 Å². The molecule has 0 aliphatic rings. The number of hydrogen-bond acceptors (Lipinski definition) is 4. The molecule has 1 N–H and O–H groups in total. The maximum absolute atomic E-state index is 10.2. The summed E-state index contributed by atoms with van der Waals surface area (Å²) in [5.41, 5.74) is 0. The molecule has 6 nitrogen and oxygen atoms in total. The Morgan fingerprint density at radius 3 is 3.09 bits per heavy atom. The van der Waals surface area contributed by atoms with Crippen molar-refractivity contribution in [2.45, 2.75) is 6.54 Å². The lowest BCUT2D eigenvalue weighted by atomic mass is 10.6. The maximum Gasteiger partial charge on any atom is 0.434 e. The van der Waals surface area contributed by atoms with Crippen LogP contribution in [0.5, 0.6) is 0 Å². The molecule has 1 rings (SSSR count). The number of aliphatic hydroxyl groups is 1. The molecule has 0 saturated heterocycles. The van der Waals surface area contributed by atoms with Crippen molar-refractivity contribution in [3.63, 3.8) is 0 Å². The van der Waals surface area contributed by atoms with Crippen LogP contribution in [0.2, 0.25) is 0 Å². The lowest BCUT2D eigenvalue weighted by Crippen LogP contribution is -2.05. The van der Waals surface area contributed by atoms with Gasteiger partial charge in [-0.25, -0.2) is 4.57 Å². The first kappa shape index (κ1) is 7.67. The summed E-state index contributed by atoms with van der Waals surface area (Å²) in [6, 6.07) is 0. The fraction of sp³-hybridized carbons (Fsp3) is 0.400. The summed E-state index contributed by atoms with van der Waals surface area (Å²) in [7, 11) is 0. The molecule has 0 atom stereocenters. The molecular weight excluding hydrogens is 150 g/mol. The molecule has 1 aromatic rings.